The average Bonchev–Trinajstić information content (AvgIpc) is 2.72. The molecule has 0 saturated heterocycles. The molecule has 1 aliphatic rings. The highest BCUT2D eigenvalue weighted by molar-refractivity contribution is 6.12. The maximum Gasteiger partial charge on any atom is 0.335 e. The molecule has 2 aromatic carbocycles. The molecule has 0 aromatic heterocycles. The van der Waals surface area contributed by atoms with Crippen molar-refractivity contribution in [1.82, 2.24) is 4.90 Å². The predicted molar refractivity (Wildman–Crippen MR) is 116 cm³/mol. The van der Waals surface area contributed by atoms with Gasteiger partial charge >= 0.3 is 5.97 Å². The van der Waals surface area contributed by atoms with Gasteiger partial charge in [0.15, 0.2) is 0 Å². The third-order valence-electron chi connectivity index (χ3n) is 5.14. The van der Waals surface area contributed by atoms with Gasteiger partial charge in [0.25, 0.3) is 0 Å². The van der Waals surface area contributed by atoms with E-state index in [-0.39, 0.29) is 30.5 Å². The number of rotatable bonds is 8. The molecule has 7 nitrogen and oxygen atoms in total. The molecule has 158 valence electrons. The van der Waals surface area contributed by atoms with Crippen LogP contribution < -0.4 is 9.80 Å². The number of hydrogen-bond donors (Lipinski definition) is 1. The zero-order valence-corrected chi connectivity index (χ0v) is 17.4. The minimum absolute atomic E-state index is 0.0855. The van der Waals surface area contributed by atoms with Crippen molar-refractivity contribution in [1.29, 1.82) is 0 Å². The number of carbonyl (C=O) groups is 3. The van der Waals surface area contributed by atoms with E-state index in [2.05, 4.69) is 0 Å². The van der Waals surface area contributed by atoms with E-state index in [9.17, 15) is 19.5 Å². The smallest absolute Gasteiger partial charge is 0.335 e. The van der Waals surface area contributed by atoms with Crippen LogP contribution in [0, 0.1) is 0 Å². The average molecular weight is 409 g/mol. The monoisotopic (exact) mass is 409 g/mol. The first-order valence-corrected chi connectivity index (χ1v) is 10.1. The van der Waals surface area contributed by atoms with Gasteiger partial charge in [-0.15, -0.1) is 0 Å². The lowest BCUT2D eigenvalue weighted by molar-refractivity contribution is -0.123. The van der Waals surface area contributed by atoms with Crippen LogP contribution in [-0.4, -0.2) is 54.5 Å². The Hall–Kier alpha value is -3.19. The summed E-state index contributed by atoms with van der Waals surface area (Å²) in [6.07, 6.45) is 1.76. The van der Waals surface area contributed by atoms with Gasteiger partial charge in [-0.2, -0.15) is 0 Å². The fourth-order valence-corrected chi connectivity index (χ4v) is 3.59. The largest absolute Gasteiger partial charge is 0.478 e. The van der Waals surface area contributed by atoms with Crippen molar-refractivity contribution in [2.24, 2.45) is 0 Å². The van der Waals surface area contributed by atoms with Crippen LogP contribution in [-0.2, 0) is 16.1 Å². The number of likely N-dealkylation sites (N-methyl/N-ethyl adjacent to an activating group) is 1. The fourth-order valence-electron chi connectivity index (χ4n) is 3.59. The summed E-state index contributed by atoms with van der Waals surface area (Å²) in [5.41, 5.74) is 2.24. The Kier molecular flexibility index (Phi) is 6.84. The minimum Gasteiger partial charge on any atom is -0.478 e. The van der Waals surface area contributed by atoms with Gasteiger partial charge in [-0.1, -0.05) is 43.7 Å². The van der Waals surface area contributed by atoms with Crippen LogP contribution in [0.15, 0.2) is 48.5 Å². The Morgan fingerprint density at radius 1 is 1.10 bits per heavy atom. The first-order chi connectivity index (χ1) is 14.4. The molecule has 0 spiro atoms. The molecule has 0 aliphatic carbocycles. The summed E-state index contributed by atoms with van der Waals surface area (Å²) in [6, 6.07) is 14.4. The van der Waals surface area contributed by atoms with Crippen molar-refractivity contribution >= 4 is 29.2 Å². The molecule has 2 aromatic rings. The maximum atomic E-state index is 13.1. The summed E-state index contributed by atoms with van der Waals surface area (Å²) in [4.78, 5) is 42.3. The van der Waals surface area contributed by atoms with Gasteiger partial charge in [0, 0.05) is 13.1 Å². The van der Waals surface area contributed by atoms with E-state index in [4.69, 9.17) is 0 Å². The number of amides is 2. The minimum atomic E-state index is -1.07. The summed E-state index contributed by atoms with van der Waals surface area (Å²) in [5.74, 6) is -1.46. The second kappa shape index (κ2) is 9.54. The van der Waals surface area contributed by atoms with Crippen molar-refractivity contribution in [2.75, 3.05) is 36.5 Å². The molecule has 3 rings (SSSR count). The number of carboxylic acid groups (broad SMARTS) is 1. The Labute approximate surface area is 176 Å². The zero-order valence-electron chi connectivity index (χ0n) is 17.4. The lowest BCUT2D eigenvalue weighted by Gasteiger charge is -2.37. The third kappa shape index (κ3) is 4.86. The van der Waals surface area contributed by atoms with Crippen LogP contribution in [0.5, 0.6) is 0 Å². The number of unbranched alkanes of at least 4 members (excludes halogenated alkanes) is 1. The normalized spacial score (nSPS) is 13.5. The van der Waals surface area contributed by atoms with E-state index in [1.807, 2.05) is 49.2 Å². The summed E-state index contributed by atoms with van der Waals surface area (Å²) < 4.78 is 0. The quantitative estimate of drug-likeness (QED) is 0.725. The molecule has 0 saturated carbocycles. The van der Waals surface area contributed by atoms with Crippen molar-refractivity contribution in [3.05, 3.63) is 59.7 Å². The molecule has 0 atom stereocenters. The predicted octanol–water partition coefficient (Wildman–Crippen LogP) is 3.00. The number of hydrogen-bond acceptors (Lipinski definition) is 4. The van der Waals surface area contributed by atoms with Gasteiger partial charge in [0.05, 0.1) is 23.5 Å². The van der Waals surface area contributed by atoms with Gasteiger partial charge in [0.1, 0.15) is 6.54 Å². The molecule has 1 heterocycles. The molecule has 0 radical (unpaired) electrons. The lowest BCUT2D eigenvalue weighted by atomic mass is 10.1. The van der Waals surface area contributed by atoms with Crippen LogP contribution in [0.3, 0.4) is 0 Å². The molecular weight excluding hydrogens is 382 g/mol. The first kappa shape index (κ1) is 21.5. The number of fused-ring (bicyclic) bond motifs is 1. The van der Waals surface area contributed by atoms with Crippen molar-refractivity contribution in [3.8, 4) is 0 Å². The maximum absolute atomic E-state index is 13.1. The standard InChI is InChI=1S/C23H27N3O4/c1-3-4-12-25-19-11-10-18(23(29)30)13-20(19)26(16-22(25)28)21(27)15-24(2)14-17-8-6-5-7-9-17/h5-11,13H,3-4,12,14-16H2,1-2H3,(H,29,30). The van der Waals surface area contributed by atoms with Crippen molar-refractivity contribution in [2.45, 2.75) is 26.3 Å². The van der Waals surface area contributed by atoms with E-state index in [0.717, 1.165) is 18.4 Å². The lowest BCUT2D eigenvalue weighted by Crippen LogP contribution is -2.50. The number of nitrogens with zero attached hydrogens (tertiary/aromatic N) is 3. The second-order valence-electron chi connectivity index (χ2n) is 7.55. The van der Waals surface area contributed by atoms with Crippen molar-refractivity contribution < 1.29 is 19.5 Å². The van der Waals surface area contributed by atoms with Gasteiger partial charge in [-0.05, 0) is 37.2 Å². The Morgan fingerprint density at radius 2 is 1.83 bits per heavy atom. The molecule has 0 unspecified atom stereocenters. The van der Waals surface area contributed by atoms with E-state index < -0.39 is 5.97 Å². The Balaban J connectivity index is 1.84. The highest BCUT2D eigenvalue weighted by atomic mass is 16.4. The van der Waals surface area contributed by atoms with Gasteiger partial charge < -0.3 is 10.0 Å². The topological polar surface area (TPSA) is 81.2 Å². The molecule has 0 bridgehead atoms. The zero-order chi connectivity index (χ0) is 21.7. The summed E-state index contributed by atoms with van der Waals surface area (Å²) >= 11 is 0. The number of anilines is 2. The molecule has 2 amide bonds. The molecule has 30 heavy (non-hydrogen) atoms. The SMILES string of the molecule is CCCCN1C(=O)CN(C(=O)CN(C)Cc2ccccc2)c2cc(C(=O)O)ccc21. The second-order valence-corrected chi connectivity index (χ2v) is 7.55. The molecule has 7 heteroatoms. The number of carboxylic acids is 1. The van der Waals surface area contributed by atoms with Crippen LogP contribution in [0.25, 0.3) is 0 Å². The van der Waals surface area contributed by atoms with E-state index in [0.29, 0.717) is 24.5 Å². The summed E-state index contributed by atoms with van der Waals surface area (Å²) in [6.45, 7) is 3.22. The highest BCUT2D eigenvalue weighted by Gasteiger charge is 2.33. The van der Waals surface area contributed by atoms with E-state index in [1.165, 1.54) is 17.0 Å². The number of benzene rings is 2. The molecule has 1 N–H and O–H groups in total. The third-order valence-corrected chi connectivity index (χ3v) is 5.14. The van der Waals surface area contributed by atoms with Crippen LogP contribution in [0.4, 0.5) is 11.4 Å². The number of aromatic carboxylic acids is 1. The van der Waals surface area contributed by atoms with Gasteiger partial charge in [-0.3, -0.25) is 19.4 Å². The Bertz CT molecular complexity index is 929. The van der Waals surface area contributed by atoms with Gasteiger partial charge in [-0.25, -0.2) is 4.79 Å². The summed E-state index contributed by atoms with van der Waals surface area (Å²) in [7, 11) is 1.85. The van der Waals surface area contributed by atoms with Gasteiger partial charge in [0.2, 0.25) is 11.8 Å². The van der Waals surface area contributed by atoms with Crippen LogP contribution in [0.1, 0.15) is 35.7 Å². The van der Waals surface area contributed by atoms with Crippen LogP contribution in [0.2, 0.25) is 0 Å². The molecule has 1 aliphatic heterocycles. The van der Waals surface area contributed by atoms with Crippen LogP contribution >= 0.6 is 0 Å². The first-order valence-electron chi connectivity index (χ1n) is 10.1. The Morgan fingerprint density at radius 3 is 2.50 bits per heavy atom. The highest BCUT2D eigenvalue weighted by Crippen LogP contribution is 2.35. The molecular formula is C23H27N3O4. The summed E-state index contributed by atoms with van der Waals surface area (Å²) in [5, 5.41) is 9.39. The number of carbonyl (C=O) groups excluding carboxylic acids is 2. The van der Waals surface area contributed by atoms with Crippen molar-refractivity contribution in [3.63, 3.8) is 0 Å². The fraction of sp³-hybridized carbons (Fsp3) is 0.348. The van der Waals surface area contributed by atoms with E-state index in [1.54, 1.807) is 11.0 Å². The molecule has 0 fully saturated rings. The van der Waals surface area contributed by atoms with E-state index >= 15 is 0 Å².